The average molecular weight is 409 g/mol. The van der Waals surface area contributed by atoms with Crippen LogP contribution in [0.15, 0.2) is 36.7 Å². The fourth-order valence-electron chi connectivity index (χ4n) is 4.17. The summed E-state index contributed by atoms with van der Waals surface area (Å²) in [6.45, 7) is 9.82. The van der Waals surface area contributed by atoms with Gasteiger partial charge in [-0.05, 0) is 49.6 Å². The molecule has 30 heavy (non-hydrogen) atoms. The molecule has 7 nitrogen and oxygen atoms in total. The average Bonchev–Trinajstić information content (AvgIpc) is 2.83. The van der Waals surface area contributed by atoms with Gasteiger partial charge in [-0.1, -0.05) is 13.0 Å². The van der Waals surface area contributed by atoms with E-state index in [9.17, 15) is 4.79 Å². The summed E-state index contributed by atoms with van der Waals surface area (Å²) in [4.78, 5) is 28.8. The van der Waals surface area contributed by atoms with Gasteiger partial charge in [-0.2, -0.15) is 0 Å². The van der Waals surface area contributed by atoms with E-state index >= 15 is 0 Å². The first-order valence-electron chi connectivity index (χ1n) is 11.1. The maximum Gasteiger partial charge on any atom is 0.257 e. The van der Waals surface area contributed by atoms with E-state index in [4.69, 9.17) is 0 Å². The van der Waals surface area contributed by atoms with Crippen LogP contribution in [0.3, 0.4) is 0 Å². The normalized spacial score (nSPS) is 17.8. The number of anilines is 2. The van der Waals surface area contributed by atoms with Crippen molar-refractivity contribution in [3.05, 3.63) is 47.8 Å². The lowest BCUT2D eigenvalue weighted by Gasteiger charge is -2.34. The van der Waals surface area contributed by atoms with Crippen molar-refractivity contribution in [1.29, 1.82) is 0 Å². The van der Waals surface area contributed by atoms with Gasteiger partial charge in [0.25, 0.3) is 5.91 Å². The van der Waals surface area contributed by atoms with Crippen molar-refractivity contribution in [1.82, 2.24) is 19.8 Å². The summed E-state index contributed by atoms with van der Waals surface area (Å²) in [5, 5.41) is 3.34. The topological polar surface area (TPSA) is 64.6 Å². The Balaban J connectivity index is 1.36. The summed E-state index contributed by atoms with van der Waals surface area (Å²) in [6, 6.07) is 7.90. The molecule has 0 bridgehead atoms. The van der Waals surface area contributed by atoms with Gasteiger partial charge in [-0.25, -0.2) is 9.97 Å². The monoisotopic (exact) mass is 408 g/mol. The zero-order valence-corrected chi connectivity index (χ0v) is 17.9. The number of amides is 1. The van der Waals surface area contributed by atoms with Crippen LogP contribution in [0.2, 0.25) is 0 Å². The maximum atomic E-state index is 12.9. The van der Waals surface area contributed by atoms with Crippen LogP contribution in [0.5, 0.6) is 0 Å². The molecule has 0 unspecified atom stereocenters. The number of hydrogen-bond acceptors (Lipinski definition) is 6. The summed E-state index contributed by atoms with van der Waals surface area (Å²) in [5.74, 6) is 1.76. The van der Waals surface area contributed by atoms with Crippen molar-refractivity contribution < 1.29 is 4.79 Å². The molecule has 160 valence electrons. The van der Waals surface area contributed by atoms with Gasteiger partial charge < -0.3 is 20.0 Å². The second-order valence-corrected chi connectivity index (χ2v) is 8.05. The van der Waals surface area contributed by atoms with Crippen LogP contribution in [-0.2, 0) is 6.54 Å². The lowest BCUT2D eigenvalue weighted by atomic mass is 10.1. The van der Waals surface area contributed by atoms with Crippen LogP contribution in [0.4, 0.5) is 11.6 Å². The lowest BCUT2D eigenvalue weighted by molar-refractivity contribution is 0.0725. The van der Waals surface area contributed by atoms with Gasteiger partial charge in [0.2, 0.25) is 0 Å². The second kappa shape index (κ2) is 9.89. The standard InChI is InChI=1S/C23H32N6O/c1-2-27-13-15-28(16-14-27)21-9-8-19(17-25-21)18-26-22-20(7-6-10-24-22)23(30)29-11-4-3-5-12-29/h6-10,17H,2-5,11-16,18H2,1H3,(H,24,26). The van der Waals surface area contributed by atoms with Crippen molar-refractivity contribution in [2.24, 2.45) is 0 Å². The Bertz CT molecular complexity index is 826. The number of likely N-dealkylation sites (N-methyl/N-ethyl adjacent to an activating group) is 1. The highest BCUT2D eigenvalue weighted by atomic mass is 16.2. The number of aromatic nitrogens is 2. The van der Waals surface area contributed by atoms with Gasteiger partial charge in [0.1, 0.15) is 11.6 Å². The molecule has 0 aromatic carbocycles. The van der Waals surface area contributed by atoms with E-state index in [2.05, 4.69) is 44.1 Å². The summed E-state index contributed by atoms with van der Waals surface area (Å²) in [5.41, 5.74) is 1.73. The van der Waals surface area contributed by atoms with Gasteiger partial charge in [0, 0.05) is 58.2 Å². The van der Waals surface area contributed by atoms with Crippen molar-refractivity contribution in [3.63, 3.8) is 0 Å². The first kappa shape index (κ1) is 20.6. The molecule has 2 aliphatic heterocycles. The molecule has 1 amide bonds. The number of hydrogen-bond donors (Lipinski definition) is 1. The Morgan fingerprint density at radius 1 is 1.00 bits per heavy atom. The van der Waals surface area contributed by atoms with Gasteiger partial charge in [-0.15, -0.1) is 0 Å². The van der Waals surface area contributed by atoms with Crippen molar-refractivity contribution in [2.75, 3.05) is 56.0 Å². The van der Waals surface area contributed by atoms with Gasteiger partial charge >= 0.3 is 0 Å². The second-order valence-electron chi connectivity index (χ2n) is 8.05. The Kier molecular flexibility index (Phi) is 6.79. The molecule has 2 fully saturated rings. The number of piperazine rings is 1. The first-order valence-corrected chi connectivity index (χ1v) is 11.1. The zero-order chi connectivity index (χ0) is 20.8. The molecule has 2 saturated heterocycles. The van der Waals surface area contributed by atoms with E-state index in [0.29, 0.717) is 17.9 Å². The van der Waals surface area contributed by atoms with Crippen molar-refractivity contribution in [2.45, 2.75) is 32.7 Å². The maximum absolute atomic E-state index is 12.9. The highest BCUT2D eigenvalue weighted by Crippen LogP contribution is 2.19. The van der Waals surface area contributed by atoms with Crippen LogP contribution in [0.1, 0.15) is 42.1 Å². The first-order chi connectivity index (χ1) is 14.7. The van der Waals surface area contributed by atoms with Crippen molar-refractivity contribution >= 4 is 17.5 Å². The van der Waals surface area contributed by atoms with E-state index in [1.807, 2.05) is 23.2 Å². The number of nitrogens with one attached hydrogen (secondary N) is 1. The molecule has 2 aromatic heterocycles. The molecule has 0 spiro atoms. The third-order valence-corrected chi connectivity index (χ3v) is 6.09. The molecule has 2 aliphatic rings. The molecular formula is C23H32N6O. The molecule has 1 N–H and O–H groups in total. The predicted molar refractivity (Wildman–Crippen MR) is 120 cm³/mol. The molecule has 0 radical (unpaired) electrons. The van der Waals surface area contributed by atoms with Crippen molar-refractivity contribution in [3.8, 4) is 0 Å². The SMILES string of the molecule is CCN1CCN(c2ccc(CNc3ncccc3C(=O)N3CCCCC3)cn2)CC1. The summed E-state index contributed by atoms with van der Waals surface area (Å²) >= 11 is 0. The smallest absolute Gasteiger partial charge is 0.257 e. The third kappa shape index (κ3) is 4.90. The summed E-state index contributed by atoms with van der Waals surface area (Å²) in [6.07, 6.45) is 7.02. The van der Waals surface area contributed by atoms with Crippen LogP contribution in [0.25, 0.3) is 0 Å². The molecule has 0 saturated carbocycles. The number of rotatable bonds is 6. The zero-order valence-electron chi connectivity index (χ0n) is 17.9. The Labute approximate surface area is 179 Å². The predicted octanol–water partition coefficient (Wildman–Crippen LogP) is 2.86. The molecule has 0 aliphatic carbocycles. The number of carbonyl (C=O) groups is 1. The molecule has 0 atom stereocenters. The lowest BCUT2D eigenvalue weighted by Crippen LogP contribution is -2.46. The van der Waals surface area contributed by atoms with Crippen LogP contribution < -0.4 is 10.2 Å². The fraction of sp³-hybridized carbons (Fsp3) is 0.522. The molecule has 7 heteroatoms. The molecule has 4 heterocycles. The highest BCUT2D eigenvalue weighted by Gasteiger charge is 2.21. The van der Waals surface area contributed by atoms with Gasteiger partial charge in [0.05, 0.1) is 5.56 Å². The van der Waals surface area contributed by atoms with Gasteiger partial charge in [-0.3, -0.25) is 4.79 Å². The minimum Gasteiger partial charge on any atom is -0.365 e. The van der Waals surface area contributed by atoms with Gasteiger partial charge in [0.15, 0.2) is 0 Å². The minimum atomic E-state index is 0.0741. The molecule has 2 aromatic rings. The minimum absolute atomic E-state index is 0.0741. The van der Waals surface area contributed by atoms with E-state index in [0.717, 1.165) is 70.0 Å². The number of likely N-dealkylation sites (tertiary alicyclic amines) is 1. The molecule has 4 rings (SSSR count). The van der Waals surface area contributed by atoms with Crippen LogP contribution in [0, 0.1) is 0 Å². The van der Waals surface area contributed by atoms with Crippen LogP contribution >= 0.6 is 0 Å². The largest absolute Gasteiger partial charge is 0.365 e. The third-order valence-electron chi connectivity index (χ3n) is 6.09. The quantitative estimate of drug-likeness (QED) is 0.793. The Morgan fingerprint density at radius 2 is 1.80 bits per heavy atom. The Hall–Kier alpha value is -2.67. The number of nitrogens with zero attached hydrogens (tertiary/aromatic N) is 5. The number of pyridine rings is 2. The Morgan fingerprint density at radius 3 is 2.50 bits per heavy atom. The number of piperidine rings is 1. The summed E-state index contributed by atoms with van der Waals surface area (Å²) < 4.78 is 0. The fourth-order valence-corrected chi connectivity index (χ4v) is 4.17. The van der Waals surface area contributed by atoms with E-state index in [-0.39, 0.29) is 5.91 Å². The highest BCUT2D eigenvalue weighted by molar-refractivity contribution is 5.98. The summed E-state index contributed by atoms with van der Waals surface area (Å²) in [7, 11) is 0. The van der Waals surface area contributed by atoms with E-state index in [1.54, 1.807) is 6.20 Å². The van der Waals surface area contributed by atoms with Crippen LogP contribution in [-0.4, -0.2) is 71.5 Å². The van der Waals surface area contributed by atoms with E-state index < -0.39 is 0 Å². The molecular weight excluding hydrogens is 376 g/mol. The number of carbonyl (C=O) groups excluding carboxylic acids is 1. The van der Waals surface area contributed by atoms with E-state index in [1.165, 1.54) is 6.42 Å².